The zero-order chi connectivity index (χ0) is 13.0. The summed E-state index contributed by atoms with van der Waals surface area (Å²) in [6, 6.07) is 7.33. The highest BCUT2D eigenvalue weighted by Gasteiger charge is 2.32. The van der Waals surface area contributed by atoms with Crippen LogP contribution in [-0.2, 0) is 4.79 Å². The molecule has 1 aromatic rings. The maximum atomic E-state index is 11.9. The second-order valence-corrected chi connectivity index (χ2v) is 4.67. The van der Waals surface area contributed by atoms with Gasteiger partial charge >= 0.3 is 0 Å². The van der Waals surface area contributed by atoms with E-state index in [-0.39, 0.29) is 25.2 Å². The van der Waals surface area contributed by atoms with Gasteiger partial charge in [-0.05, 0) is 25.0 Å². The Morgan fingerprint density at radius 2 is 2.17 bits per heavy atom. The maximum absolute atomic E-state index is 11.9. The largest absolute Gasteiger partial charge is 0.482 e. The van der Waals surface area contributed by atoms with Crippen molar-refractivity contribution in [2.45, 2.75) is 18.9 Å². The van der Waals surface area contributed by atoms with E-state index in [0.29, 0.717) is 17.3 Å². The molecule has 0 saturated heterocycles. The fourth-order valence-electron chi connectivity index (χ4n) is 1.79. The molecule has 0 unspecified atom stereocenters. The molecule has 1 aliphatic rings. The number of benzene rings is 1. The van der Waals surface area contributed by atoms with Gasteiger partial charge in [0.2, 0.25) is 0 Å². The zero-order valence-corrected chi connectivity index (χ0v) is 10.8. The summed E-state index contributed by atoms with van der Waals surface area (Å²) in [6.07, 6.45) is 2.02. The second kappa shape index (κ2) is 6.07. The molecule has 0 aliphatic heterocycles. The number of carbonyl (C=O) groups is 1. The molecule has 1 aromatic carbocycles. The lowest BCUT2D eigenvalue weighted by Crippen LogP contribution is -2.38. The van der Waals surface area contributed by atoms with Crippen LogP contribution >= 0.6 is 11.6 Å². The molecule has 0 aromatic heterocycles. The first kappa shape index (κ1) is 13.2. The molecule has 98 valence electrons. The third kappa shape index (κ3) is 3.37. The summed E-state index contributed by atoms with van der Waals surface area (Å²) in [5.74, 6) is 0.402. The summed E-state index contributed by atoms with van der Waals surface area (Å²) in [4.78, 5) is 13.6. The predicted molar refractivity (Wildman–Crippen MR) is 68.8 cm³/mol. The van der Waals surface area contributed by atoms with Crippen molar-refractivity contribution in [3.8, 4) is 5.75 Å². The number of rotatable bonds is 6. The molecule has 0 bridgehead atoms. The molecule has 0 radical (unpaired) electrons. The summed E-state index contributed by atoms with van der Waals surface area (Å²) < 4.78 is 5.40. The third-order valence-electron chi connectivity index (χ3n) is 2.84. The van der Waals surface area contributed by atoms with Crippen molar-refractivity contribution >= 4 is 17.5 Å². The van der Waals surface area contributed by atoms with Crippen LogP contribution in [0, 0.1) is 0 Å². The fourth-order valence-corrected chi connectivity index (χ4v) is 1.98. The third-order valence-corrected chi connectivity index (χ3v) is 3.15. The van der Waals surface area contributed by atoms with Gasteiger partial charge in [0, 0.05) is 12.6 Å². The Balaban J connectivity index is 1.89. The van der Waals surface area contributed by atoms with E-state index >= 15 is 0 Å². The Morgan fingerprint density at radius 3 is 2.78 bits per heavy atom. The number of aliphatic hydroxyl groups is 1. The summed E-state index contributed by atoms with van der Waals surface area (Å²) >= 11 is 5.93. The van der Waals surface area contributed by atoms with Gasteiger partial charge in [0.25, 0.3) is 5.91 Å². The van der Waals surface area contributed by atoms with Gasteiger partial charge < -0.3 is 14.7 Å². The summed E-state index contributed by atoms with van der Waals surface area (Å²) in [6.45, 7) is 0.309. The van der Waals surface area contributed by atoms with Crippen molar-refractivity contribution in [2.75, 3.05) is 19.8 Å². The standard InChI is InChI=1S/C13H16ClNO3/c14-11-3-1-2-4-12(11)18-9-13(17)15(7-8-16)10-5-6-10/h1-4,10,16H,5-9H2. The van der Waals surface area contributed by atoms with Gasteiger partial charge in [0.15, 0.2) is 6.61 Å². The minimum atomic E-state index is -0.105. The van der Waals surface area contributed by atoms with E-state index < -0.39 is 0 Å². The predicted octanol–water partition coefficient (Wildman–Crippen LogP) is 1.70. The number of aliphatic hydroxyl groups excluding tert-OH is 1. The van der Waals surface area contributed by atoms with E-state index in [2.05, 4.69) is 0 Å². The van der Waals surface area contributed by atoms with E-state index in [1.807, 2.05) is 0 Å². The smallest absolute Gasteiger partial charge is 0.260 e. The van der Waals surface area contributed by atoms with E-state index in [1.54, 1.807) is 29.2 Å². The van der Waals surface area contributed by atoms with Crippen LogP contribution in [-0.4, -0.2) is 41.7 Å². The quantitative estimate of drug-likeness (QED) is 0.855. The minimum Gasteiger partial charge on any atom is -0.482 e. The van der Waals surface area contributed by atoms with E-state index in [4.69, 9.17) is 21.4 Å². The molecule has 4 nitrogen and oxygen atoms in total. The van der Waals surface area contributed by atoms with Crippen molar-refractivity contribution in [1.82, 2.24) is 4.90 Å². The highest BCUT2D eigenvalue weighted by atomic mass is 35.5. The molecule has 5 heteroatoms. The first-order chi connectivity index (χ1) is 8.72. The maximum Gasteiger partial charge on any atom is 0.260 e. The highest BCUT2D eigenvalue weighted by molar-refractivity contribution is 6.32. The number of carbonyl (C=O) groups excluding carboxylic acids is 1. The first-order valence-corrected chi connectivity index (χ1v) is 6.38. The monoisotopic (exact) mass is 269 g/mol. The van der Waals surface area contributed by atoms with Gasteiger partial charge in [-0.1, -0.05) is 23.7 Å². The summed E-state index contributed by atoms with van der Waals surface area (Å²) in [5, 5.41) is 9.43. The molecule has 0 atom stereocenters. The number of nitrogens with zero attached hydrogens (tertiary/aromatic N) is 1. The summed E-state index contributed by atoms with van der Waals surface area (Å²) in [7, 11) is 0. The molecular weight excluding hydrogens is 254 g/mol. The van der Waals surface area contributed by atoms with Crippen LogP contribution in [0.5, 0.6) is 5.75 Å². The van der Waals surface area contributed by atoms with Crippen LogP contribution in [0.2, 0.25) is 5.02 Å². The van der Waals surface area contributed by atoms with Crippen molar-refractivity contribution in [1.29, 1.82) is 0 Å². The van der Waals surface area contributed by atoms with Crippen LogP contribution in [0.25, 0.3) is 0 Å². The summed E-state index contributed by atoms with van der Waals surface area (Å²) in [5.41, 5.74) is 0. The van der Waals surface area contributed by atoms with Crippen LogP contribution in [0.15, 0.2) is 24.3 Å². The van der Waals surface area contributed by atoms with E-state index in [1.165, 1.54) is 0 Å². The Kier molecular flexibility index (Phi) is 4.44. The molecule has 0 heterocycles. The van der Waals surface area contributed by atoms with E-state index in [0.717, 1.165) is 12.8 Å². The van der Waals surface area contributed by atoms with Crippen molar-refractivity contribution in [3.63, 3.8) is 0 Å². The Morgan fingerprint density at radius 1 is 1.44 bits per heavy atom. The van der Waals surface area contributed by atoms with Crippen LogP contribution < -0.4 is 4.74 Å². The molecule has 1 saturated carbocycles. The molecular formula is C13H16ClNO3. The van der Waals surface area contributed by atoms with Crippen molar-refractivity contribution in [3.05, 3.63) is 29.3 Å². The van der Waals surface area contributed by atoms with Gasteiger partial charge in [0.05, 0.1) is 11.6 Å². The number of amides is 1. The Labute approximate surface area is 111 Å². The fraction of sp³-hybridized carbons (Fsp3) is 0.462. The van der Waals surface area contributed by atoms with Gasteiger partial charge in [-0.2, -0.15) is 0 Å². The topological polar surface area (TPSA) is 49.8 Å². The minimum absolute atomic E-state index is 0.0195. The van der Waals surface area contributed by atoms with Crippen LogP contribution in [0.3, 0.4) is 0 Å². The van der Waals surface area contributed by atoms with Gasteiger partial charge in [-0.25, -0.2) is 0 Å². The normalized spacial score (nSPS) is 14.3. The number of halogens is 1. The van der Waals surface area contributed by atoms with Gasteiger partial charge in [0.1, 0.15) is 5.75 Å². The molecule has 18 heavy (non-hydrogen) atoms. The van der Waals surface area contributed by atoms with Crippen LogP contribution in [0.4, 0.5) is 0 Å². The van der Waals surface area contributed by atoms with Crippen LogP contribution in [0.1, 0.15) is 12.8 Å². The highest BCUT2D eigenvalue weighted by Crippen LogP contribution is 2.27. The Bertz CT molecular complexity index is 420. The van der Waals surface area contributed by atoms with Crippen molar-refractivity contribution < 1.29 is 14.6 Å². The lowest BCUT2D eigenvalue weighted by molar-refractivity contribution is -0.134. The Hall–Kier alpha value is -1.26. The second-order valence-electron chi connectivity index (χ2n) is 4.26. The lowest BCUT2D eigenvalue weighted by Gasteiger charge is -2.21. The first-order valence-electron chi connectivity index (χ1n) is 6.00. The molecule has 1 aliphatic carbocycles. The van der Waals surface area contributed by atoms with Crippen molar-refractivity contribution in [2.24, 2.45) is 0 Å². The number of hydrogen-bond donors (Lipinski definition) is 1. The molecule has 1 fully saturated rings. The SMILES string of the molecule is O=C(COc1ccccc1Cl)N(CCO)C1CC1. The molecule has 2 rings (SSSR count). The number of para-hydroxylation sites is 1. The van der Waals surface area contributed by atoms with E-state index in [9.17, 15) is 4.79 Å². The average Bonchev–Trinajstić information content (AvgIpc) is 3.19. The lowest BCUT2D eigenvalue weighted by atomic mass is 10.3. The molecule has 0 spiro atoms. The zero-order valence-electron chi connectivity index (χ0n) is 10.0. The molecule has 1 N–H and O–H groups in total. The van der Waals surface area contributed by atoms with Gasteiger partial charge in [-0.15, -0.1) is 0 Å². The molecule has 1 amide bonds. The van der Waals surface area contributed by atoms with Gasteiger partial charge in [-0.3, -0.25) is 4.79 Å². The number of hydrogen-bond acceptors (Lipinski definition) is 3. The average molecular weight is 270 g/mol. The number of ether oxygens (including phenoxy) is 1.